The standard InChI is InChI=1S/C12H27N3/c1-11-8-13-12(2)10-15(9-11)7-5-6-14(3)4/h11-13H,5-10H2,1-4H3. The molecular formula is C12H27N3. The summed E-state index contributed by atoms with van der Waals surface area (Å²) < 4.78 is 0. The van der Waals surface area contributed by atoms with Crippen LogP contribution in [0.25, 0.3) is 0 Å². The van der Waals surface area contributed by atoms with E-state index in [0.29, 0.717) is 6.04 Å². The van der Waals surface area contributed by atoms with Crippen molar-refractivity contribution in [2.45, 2.75) is 26.3 Å². The van der Waals surface area contributed by atoms with E-state index in [1.54, 1.807) is 0 Å². The topological polar surface area (TPSA) is 18.5 Å². The van der Waals surface area contributed by atoms with E-state index in [2.05, 4.69) is 43.1 Å². The van der Waals surface area contributed by atoms with Crippen molar-refractivity contribution in [1.82, 2.24) is 15.1 Å². The van der Waals surface area contributed by atoms with Gasteiger partial charge in [-0.3, -0.25) is 0 Å². The summed E-state index contributed by atoms with van der Waals surface area (Å²) in [6.07, 6.45) is 1.28. The van der Waals surface area contributed by atoms with Gasteiger partial charge in [0.25, 0.3) is 0 Å². The molecule has 0 bridgehead atoms. The van der Waals surface area contributed by atoms with Crippen LogP contribution in [0.15, 0.2) is 0 Å². The Labute approximate surface area is 94.8 Å². The molecule has 0 aromatic heterocycles. The Hall–Kier alpha value is -0.120. The minimum atomic E-state index is 0.648. The van der Waals surface area contributed by atoms with Crippen LogP contribution in [-0.2, 0) is 0 Å². The van der Waals surface area contributed by atoms with Gasteiger partial charge in [-0.15, -0.1) is 0 Å². The minimum absolute atomic E-state index is 0.648. The molecule has 0 aromatic carbocycles. The summed E-state index contributed by atoms with van der Waals surface area (Å²) in [5.74, 6) is 0.786. The molecule has 1 aliphatic rings. The molecule has 3 nitrogen and oxygen atoms in total. The molecule has 0 saturated carbocycles. The molecule has 1 heterocycles. The molecule has 2 unspecified atom stereocenters. The van der Waals surface area contributed by atoms with Crippen molar-refractivity contribution in [1.29, 1.82) is 0 Å². The fourth-order valence-corrected chi connectivity index (χ4v) is 2.23. The lowest BCUT2D eigenvalue weighted by atomic mass is 10.2. The van der Waals surface area contributed by atoms with E-state index >= 15 is 0 Å². The Kier molecular flexibility index (Phi) is 5.58. The summed E-state index contributed by atoms with van der Waals surface area (Å²) in [5.41, 5.74) is 0. The SMILES string of the molecule is CC1CNC(C)CN(CCCN(C)C)C1. The normalized spacial score (nSPS) is 29.4. The first-order chi connectivity index (χ1) is 7.08. The lowest BCUT2D eigenvalue weighted by Gasteiger charge is -2.24. The summed E-state index contributed by atoms with van der Waals surface area (Å²) in [6, 6.07) is 0.648. The number of hydrogen-bond acceptors (Lipinski definition) is 3. The third kappa shape index (κ3) is 5.50. The number of hydrogen-bond donors (Lipinski definition) is 1. The van der Waals surface area contributed by atoms with Gasteiger partial charge in [-0.25, -0.2) is 0 Å². The molecule has 1 aliphatic heterocycles. The monoisotopic (exact) mass is 213 g/mol. The average molecular weight is 213 g/mol. The van der Waals surface area contributed by atoms with E-state index in [1.165, 1.54) is 39.1 Å². The van der Waals surface area contributed by atoms with Crippen LogP contribution >= 0.6 is 0 Å². The van der Waals surface area contributed by atoms with Crippen molar-refractivity contribution >= 4 is 0 Å². The van der Waals surface area contributed by atoms with Crippen LogP contribution in [0, 0.1) is 5.92 Å². The van der Waals surface area contributed by atoms with Gasteiger partial charge in [0.15, 0.2) is 0 Å². The average Bonchev–Trinajstić information content (AvgIpc) is 2.27. The van der Waals surface area contributed by atoms with E-state index in [4.69, 9.17) is 0 Å². The van der Waals surface area contributed by atoms with Crippen molar-refractivity contribution in [3.8, 4) is 0 Å². The van der Waals surface area contributed by atoms with Gasteiger partial charge in [0.2, 0.25) is 0 Å². The lowest BCUT2D eigenvalue weighted by molar-refractivity contribution is 0.237. The first-order valence-corrected chi connectivity index (χ1v) is 6.18. The van der Waals surface area contributed by atoms with Crippen LogP contribution in [-0.4, -0.2) is 62.7 Å². The molecule has 0 spiro atoms. The number of nitrogens with zero attached hydrogens (tertiary/aromatic N) is 2. The zero-order valence-corrected chi connectivity index (χ0v) is 10.8. The van der Waals surface area contributed by atoms with Gasteiger partial charge in [0.1, 0.15) is 0 Å². The Morgan fingerprint density at radius 1 is 1.27 bits per heavy atom. The molecule has 1 fully saturated rings. The quantitative estimate of drug-likeness (QED) is 0.747. The van der Waals surface area contributed by atoms with Crippen molar-refractivity contribution < 1.29 is 0 Å². The van der Waals surface area contributed by atoms with E-state index in [9.17, 15) is 0 Å². The highest BCUT2D eigenvalue weighted by atomic mass is 15.2. The lowest BCUT2D eigenvalue weighted by Crippen LogP contribution is -2.36. The van der Waals surface area contributed by atoms with Crippen LogP contribution in [0.4, 0.5) is 0 Å². The van der Waals surface area contributed by atoms with Crippen LogP contribution in [0.5, 0.6) is 0 Å². The molecule has 3 heteroatoms. The molecule has 0 radical (unpaired) electrons. The van der Waals surface area contributed by atoms with E-state index < -0.39 is 0 Å². The number of nitrogens with one attached hydrogen (secondary N) is 1. The van der Waals surface area contributed by atoms with Gasteiger partial charge in [0.05, 0.1) is 0 Å². The zero-order chi connectivity index (χ0) is 11.3. The van der Waals surface area contributed by atoms with E-state index in [-0.39, 0.29) is 0 Å². The summed E-state index contributed by atoms with van der Waals surface area (Å²) in [4.78, 5) is 4.88. The second-order valence-corrected chi connectivity index (χ2v) is 5.33. The molecule has 0 aliphatic carbocycles. The fourth-order valence-electron chi connectivity index (χ4n) is 2.23. The zero-order valence-electron chi connectivity index (χ0n) is 10.8. The maximum atomic E-state index is 3.57. The van der Waals surface area contributed by atoms with Crippen molar-refractivity contribution in [2.24, 2.45) is 5.92 Å². The van der Waals surface area contributed by atoms with E-state index in [0.717, 1.165) is 5.92 Å². The van der Waals surface area contributed by atoms with Crippen molar-refractivity contribution in [2.75, 3.05) is 46.8 Å². The molecule has 1 rings (SSSR count). The van der Waals surface area contributed by atoms with Crippen LogP contribution in [0.3, 0.4) is 0 Å². The number of rotatable bonds is 4. The maximum Gasteiger partial charge on any atom is 0.0166 e. The van der Waals surface area contributed by atoms with Crippen LogP contribution < -0.4 is 5.32 Å². The predicted molar refractivity (Wildman–Crippen MR) is 66.2 cm³/mol. The molecule has 1 saturated heterocycles. The smallest absolute Gasteiger partial charge is 0.0166 e. The summed E-state index contributed by atoms with van der Waals surface area (Å²) in [7, 11) is 4.30. The first-order valence-electron chi connectivity index (χ1n) is 6.18. The van der Waals surface area contributed by atoms with Crippen molar-refractivity contribution in [3.05, 3.63) is 0 Å². The van der Waals surface area contributed by atoms with Crippen LogP contribution in [0.1, 0.15) is 20.3 Å². The highest BCUT2D eigenvalue weighted by Crippen LogP contribution is 2.06. The highest BCUT2D eigenvalue weighted by molar-refractivity contribution is 4.76. The second kappa shape index (κ2) is 6.46. The predicted octanol–water partition coefficient (Wildman–Crippen LogP) is 0.868. The summed E-state index contributed by atoms with van der Waals surface area (Å²) >= 11 is 0. The highest BCUT2D eigenvalue weighted by Gasteiger charge is 2.17. The molecule has 1 N–H and O–H groups in total. The molecule has 15 heavy (non-hydrogen) atoms. The second-order valence-electron chi connectivity index (χ2n) is 5.33. The maximum absolute atomic E-state index is 3.57. The third-order valence-electron chi connectivity index (χ3n) is 3.00. The fraction of sp³-hybridized carbons (Fsp3) is 1.00. The van der Waals surface area contributed by atoms with Crippen molar-refractivity contribution in [3.63, 3.8) is 0 Å². The molecule has 2 atom stereocenters. The molecule has 0 amide bonds. The summed E-state index contributed by atoms with van der Waals surface area (Å²) in [5, 5.41) is 3.57. The van der Waals surface area contributed by atoms with Gasteiger partial charge in [-0.05, 0) is 53.0 Å². The molecule has 90 valence electrons. The summed E-state index contributed by atoms with van der Waals surface area (Å²) in [6.45, 7) is 10.7. The van der Waals surface area contributed by atoms with Gasteiger partial charge >= 0.3 is 0 Å². The molecule has 0 aromatic rings. The van der Waals surface area contributed by atoms with Gasteiger partial charge in [-0.1, -0.05) is 6.92 Å². The Morgan fingerprint density at radius 2 is 2.00 bits per heavy atom. The largest absolute Gasteiger partial charge is 0.313 e. The Morgan fingerprint density at radius 3 is 2.67 bits per heavy atom. The Bertz CT molecular complexity index is 158. The van der Waals surface area contributed by atoms with Crippen LogP contribution in [0.2, 0.25) is 0 Å². The van der Waals surface area contributed by atoms with E-state index in [1.807, 2.05) is 0 Å². The third-order valence-corrected chi connectivity index (χ3v) is 3.00. The minimum Gasteiger partial charge on any atom is -0.313 e. The van der Waals surface area contributed by atoms with Gasteiger partial charge < -0.3 is 15.1 Å². The first kappa shape index (κ1) is 12.9. The Balaban J connectivity index is 2.25. The molecular weight excluding hydrogens is 186 g/mol. The van der Waals surface area contributed by atoms with Gasteiger partial charge in [-0.2, -0.15) is 0 Å². The van der Waals surface area contributed by atoms with Gasteiger partial charge in [0, 0.05) is 19.1 Å².